The first-order valence-corrected chi connectivity index (χ1v) is 7.51. The Kier molecular flexibility index (Phi) is 3.40. The third-order valence-electron chi connectivity index (χ3n) is 1.97. The summed E-state index contributed by atoms with van der Waals surface area (Å²) in [6.45, 7) is 0. The molecule has 2 fully saturated rings. The van der Waals surface area contributed by atoms with Crippen molar-refractivity contribution in [3.8, 4) is 0 Å². The lowest BCUT2D eigenvalue weighted by Crippen LogP contribution is -1.91. The van der Waals surface area contributed by atoms with Crippen molar-refractivity contribution in [3.05, 3.63) is 0 Å². The summed E-state index contributed by atoms with van der Waals surface area (Å²) in [5.74, 6) is 5.71. The van der Waals surface area contributed by atoms with Crippen molar-refractivity contribution in [2.45, 2.75) is 23.3 Å². The molecular weight excluding hydrogens is 192 g/mol. The van der Waals surface area contributed by atoms with Crippen LogP contribution in [0.4, 0.5) is 0 Å². The molecule has 2 unspecified atom stereocenters. The first-order chi connectivity index (χ1) is 5.45. The average molecular weight is 206 g/mol. The molecule has 2 aliphatic rings. The van der Waals surface area contributed by atoms with Crippen LogP contribution in [0.25, 0.3) is 0 Å². The van der Waals surface area contributed by atoms with Crippen LogP contribution < -0.4 is 0 Å². The minimum absolute atomic E-state index is 1.05. The number of thioether (sulfide) groups is 3. The van der Waals surface area contributed by atoms with Gasteiger partial charge >= 0.3 is 0 Å². The second-order valence-corrected chi connectivity index (χ2v) is 6.99. The van der Waals surface area contributed by atoms with E-state index in [9.17, 15) is 0 Å². The predicted octanol–water partition coefficient (Wildman–Crippen LogP) is 2.73. The summed E-state index contributed by atoms with van der Waals surface area (Å²) in [6.07, 6.45) is 2.93. The zero-order valence-electron chi connectivity index (χ0n) is 6.62. The Balaban J connectivity index is 1.35. The summed E-state index contributed by atoms with van der Waals surface area (Å²) in [6, 6.07) is 0. The van der Waals surface area contributed by atoms with Crippen LogP contribution in [-0.2, 0) is 0 Å². The topological polar surface area (TPSA) is 0 Å². The van der Waals surface area contributed by atoms with E-state index in [0.29, 0.717) is 0 Å². The highest BCUT2D eigenvalue weighted by atomic mass is 32.2. The molecule has 11 heavy (non-hydrogen) atoms. The van der Waals surface area contributed by atoms with Gasteiger partial charge in [0.2, 0.25) is 0 Å². The number of hydrogen-bond donors (Lipinski definition) is 0. The number of hydrogen-bond acceptors (Lipinski definition) is 3. The smallest absolute Gasteiger partial charge is 0.0146 e. The van der Waals surface area contributed by atoms with E-state index in [1.54, 1.807) is 0 Å². The van der Waals surface area contributed by atoms with Gasteiger partial charge in [-0.25, -0.2) is 0 Å². The van der Waals surface area contributed by atoms with Crippen molar-refractivity contribution in [2.24, 2.45) is 0 Å². The molecule has 0 spiro atoms. The maximum atomic E-state index is 2.16. The fourth-order valence-electron chi connectivity index (χ4n) is 1.00. The fraction of sp³-hybridized carbons (Fsp3) is 1.00. The van der Waals surface area contributed by atoms with Crippen molar-refractivity contribution >= 4 is 35.3 Å². The van der Waals surface area contributed by atoms with Crippen LogP contribution in [0.3, 0.4) is 0 Å². The molecular formula is C8H14S3. The maximum absolute atomic E-state index is 2.16. The molecule has 0 amide bonds. The molecule has 64 valence electrons. The lowest BCUT2D eigenvalue weighted by atomic mass is 10.4. The minimum atomic E-state index is 1.05. The van der Waals surface area contributed by atoms with Crippen LogP contribution in [-0.4, -0.2) is 33.5 Å². The highest BCUT2D eigenvalue weighted by Crippen LogP contribution is 2.35. The van der Waals surface area contributed by atoms with Crippen molar-refractivity contribution < 1.29 is 0 Å². The van der Waals surface area contributed by atoms with Crippen LogP contribution >= 0.6 is 35.3 Å². The van der Waals surface area contributed by atoms with E-state index in [-0.39, 0.29) is 0 Å². The third kappa shape index (κ3) is 4.00. The van der Waals surface area contributed by atoms with Gasteiger partial charge in [0.1, 0.15) is 0 Å². The van der Waals surface area contributed by atoms with Crippen molar-refractivity contribution in [1.29, 1.82) is 0 Å². The molecule has 0 aromatic carbocycles. The first kappa shape index (κ1) is 8.64. The van der Waals surface area contributed by atoms with Gasteiger partial charge in [0, 0.05) is 22.0 Å². The van der Waals surface area contributed by atoms with Gasteiger partial charge < -0.3 is 0 Å². The normalized spacial score (nSPS) is 33.8. The van der Waals surface area contributed by atoms with E-state index in [2.05, 4.69) is 35.3 Å². The fourth-order valence-corrected chi connectivity index (χ4v) is 3.58. The molecule has 0 bridgehead atoms. The lowest BCUT2D eigenvalue weighted by Gasteiger charge is -1.97. The Morgan fingerprint density at radius 2 is 1.45 bits per heavy atom. The Hall–Kier alpha value is 1.05. The summed E-state index contributed by atoms with van der Waals surface area (Å²) < 4.78 is 0. The quantitative estimate of drug-likeness (QED) is 0.484. The second-order valence-electron chi connectivity index (χ2n) is 3.10. The van der Waals surface area contributed by atoms with Gasteiger partial charge in [0.15, 0.2) is 0 Å². The second kappa shape index (κ2) is 4.33. The van der Waals surface area contributed by atoms with Gasteiger partial charge in [-0.2, -0.15) is 35.3 Å². The van der Waals surface area contributed by atoms with Gasteiger partial charge in [-0.1, -0.05) is 0 Å². The van der Waals surface area contributed by atoms with E-state index < -0.39 is 0 Å². The number of rotatable bonds is 6. The highest BCUT2D eigenvalue weighted by molar-refractivity contribution is 8.07. The van der Waals surface area contributed by atoms with Gasteiger partial charge in [-0.3, -0.25) is 0 Å². The van der Waals surface area contributed by atoms with Crippen LogP contribution in [0, 0.1) is 0 Å². The molecule has 2 saturated heterocycles. The van der Waals surface area contributed by atoms with Gasteiger partial charge in [-0.15, -0.1) is 0 Å². The van der Waals surface area contributed by atoms with E-state index in [0.717, 1.165) is 10.5 Å². The molecule has 0 radical (unpaired) electrons. The molecule has 0 nitrogen and oxygen atoms in total. The summed E-state index contributed by atoms with van der Waals surface area (Å²) in [5.41, 5.74) is 0. The van der Waals surface area contributed by atoms with Crippen LogP contribution in [0.2, 0.25) is 0 Å². The van der Waals surface area contributed by atoms with Crippen LogP contribution in [0.5, 0.6) is 0 Å². The maximum Gasteiger partial charge on any atom is 0.0146 e. The average Bonchev–Trinajstić information content (AvgIpc) is 2.83. The molecule has 0 aromatic rings. The van der Waals surface area contributed by atoms with Gasteiger partial charge in [-0.05, 0) is 24.3 Å². The van der Waals surface area contributed by atoms with Crippen molar-refractivity contribution in [3.63, 3.8) is 0 Å². The van der Waals surface area contributed by atoms with Crippen molar-refractivity contribution in [1.82, 2.24) is 0 Å². The summed E-state index contributed by atoms with van der Waals surface area (Å²) in [7, 11) is 0. The van der Waals surface area contributed by atoms with E-state index >= 15 is 0 Å². The molecule has 0 N–H and O–H groups in total. The summed E-state index contributed by atoms with van der Waals surface area (Å²) >= 11 is 6.42. The Labute approximate surface area is 81.7 Å². The Bertz CT molecular complexity index is 105. The third-order valence-corrected chi connectivity index (χ3v) is 5.10. The monoisotopic (exact) mass is 206 g/mol. The summed E-state index contributed by atoms with van der Waals surface area (Å²) in [4.78, 5) is 0. The van der Waals surface area contributed by atoms with E-state index in [4.69, 9.17) is 0 Å². The Morgan fingerprint density at radius 3 is 1.82 bits per heavy atom. The predicted molar refractivity (Wildman–Crippen MR) is 59.1 cm³/mol. The lowest BCUT2D eigenvalue weighted by molar-refractivity contribution is 0.971. The molecule has 2 atom stereocenters. The molecule has 0 aromatic heterocycles. The minimum Gasteiger partial charge on any atom is -0.162 e. The van der Waals surface area contributed by atoms with Crippen molar-refractivity contribution in [2.75, 3.05) is 23.0 Å². The molecule has 2 heterocycles. The summed E-state index contributed by atoms with van der Waals surface area (Å²) in [5, 5.41) is 2.11. The Morgan fingerprint density at radius 1 is 1.00 bits per heavy atom. The first-order valence-electron chi connectivity index (χ1n) is 4.26. The van der Waals surface area contributed by atoms with Gasteiger partial charge in [0.05, 0.1) is 0 Å². The molecule has 0 saturated carbocycles. The molecule has 2 aliphatic heterocycles. The molecule has 3 heteroatoms. The van der Waals surface area contributed by atoms with Gasteiger partial charge in [0.25, 0.3) is 0 Å². The highest BCUT2D eigenvalue weighted by Gasteiger charge is 2.23. The van der Waals surface area contributed by atoms with E-state index in [1.807, 2.05) is 0 Å². The van der Waals surface area contributed by atoms with E-state index in [1.165, 1.54) is 35.9 Å². The molecule has 2 rings (SSSR count). The largest absolute Gasteiger partial charge is 0.162 e. The SMILES string of the molecule is C(CC1CS1)SCCC1CS1. The van der Waals surface area contributed by atoms with Crippen LogP contribution in [0.15, 0.2) is 0 Å². The van der Waals surface area contributed by atoms with Crippen LogP contribution in [0.1, 0.15) is 12.8 Å². The zero-order valence-corrected chi connectivity index (χ0v) is 9.07. The molecule has 0 aliphatic carbocycles. The standard InChI is InChI=1S/C8H14S3/c1(7-5-10-7)3-9-4-2-8-6-11-8/h7-8H,1-6H2. The zero-order chi connectivity index (χ0) is 7.52.